The van der Waals surface area contributed by atoms with Crippen LogP contribution in [0.4, 0.5) is 0 Å². The number of unbranched alkanes of at least 4 members (excludes halogenated alkanes) is 13. The fraction of sp³-hybridized carbons (Fsp3) is 0.545. The highest BCUT2D eigenvalue weighted by Gasteiger charge is 2.23. The molecule has 3 unspecified atom stereocenters. The molecule has 2 saturated heterocycles. The quantitative estimate of drug-likeness (QED) is 0.0485. The topological polar surface area (TPSA) is 62.0 Å². The lowest BCUT2D eigenvalue weighted by Gasteiger charge is -2.15. The number of benzene rings is 4. The largest absolute Gasteiger partial charge is 0.494 e. The molecule has 50 heavy (non-hydrogen) atoms. The molecule has 0 spiro atoms. The number of rotatable bonds is 26. The number of fused-ring (bicyclic) bond motifs is 2. The Bertz CT molecular complexity index is 1580. The van der Waals surface area contributed by atoms with Crippen molar-refractivity contribution < 1.29 is 28.4 Å². The van der Waals surface area contributed by atoms with Crippen LogP contribution in [0.2, 0.25) is 0 Å². The standard InChI is InChI=1S/C44H58O6/c1-34(50-42-24-20-37-28-41(23-19-38(37)29-42)47-31-44-33-49-44)16-14-12-10-8-6-4-2-3-5-7-9-11-13-15-25-45-39-21-17-36-27-40(22-18-35(36)26-39)46-30-43-32-48-43/h17-24,26-29,34,43-44H,2-16,25,30-33H2,1H3. The molecule has 4 aromatic rings. The summed E-state index contributed by atoms with van der Waals surface area (Å²) in [6.45, 7) is 5.89. The van der Waals surface area contributed by atoms with Crippen LogP contribution in [-0.2, 0) is 9.47 Å². The Hall–Kier alpha value is -3.48. The van der Waals surface area contributed by atoms with E-state index in [0.29, 0.717) is 13.2 Å². The molecule has 2 heterocycles. The first-order valence-corrected chi connectivity index (χ1v) is 19.5. The molecule has 270 valence electrons. The number of epoxide rings is 2. The molecule has 6 rings (SSSR count). The van der Waals surface area contributed by atoms with Gasteiger partial charge in [0.2, 0.25) is 0 Å². The minimum absolute atomic E-state index is 0.237. The van der Waals surface area contributed by atoms with Gasteiger partial charge in [-0.15, -0.1) is 0 Å². The van der Waals surface area contributed by atoms with E-state index in [2.05, 4.69) is 67.6 Å². The lowest BCUT2D eigenvalue weighted by molar-refractivity contribution is 0.206. The Labute approximate surface area is 299 Å². The van der Waals surface area contributed by atoms with E-state index in [-0.39, 0.29) is 18.3 Å². The lowest BCUT2D eigenvalue weighted by atomic mass is 10.0. The SMILES string of the molecule is CC(CCCCCCCCCCCCCCCCOc1ccc2cc(OCC3CO3)ccc2c1)Oc1ccc2cc(OCC3CO3)ccc2c1. The van der Waals surface area contributed by atoms with Crippen molar-refractivity contribution in [2.75, 3.05) is 33.0 Å². The van der Waals surface area contributed by atoms with E-state index in [1.54, 1.807) is 0 Å². The third-order valence-corrected chi connectivity index (χ3v) is 9.85. The summed E-state index contributed by atoms with van der Waals surface area (Å²) in [5, 5.41) is 4.71. The van der Waals surface area contributed by atoms with Crippen LogP contribution in [0, 0.1) is 0 Å². The Kier molecular flexibility index (Phi) is 14.4. The average Bonchev–Trinajstić information content (AvgIpc) is 4.07. The van der Waals surface area contributed by atoms with Crippen LogP contribution in [-0.4, -0.2) is 51.3 Å². The summed E-state index contributed by atoms with van der Waals surface area (Å²) in [5.41, 5.74) is 0. The molecule has 6 heteroatoms. The van der Waals surface area contributed by atoms with E-state index in [1.807, 2.05) is 12.1 Å². The van der Waals surface area contributed by atoms with Crippen molar-refractivity contribution in [3.05, 3.63) is 72.8 Å². The maximum Gasteiger partial charge on any atom is 0.120 e. The fourth-order valence-corrected chi connectivity index (χ4v) is 6.59. The number of ether oxygens (including phenoxy) is 6. The van der Waals surface area contributed by atoms with Gasteiger partial charge in [0.15, 0.2) is 0 Å². The second-order valence-corrected chi connectivity index (χ2v) is 14.4. The normalized spacial score (nSPS) is 17.1. The molecule has 0 radical (unpaired) electrons. The van der Waals surface area contributed by atoms with Crippen LogP contribution in [0.5, 0.6) is 23.0 Å². The zero-order valence-electron chi connectivity index (χ0n) is 30.3. The van der Waals surface area contributed by atoms with Gasteiger partial charge in [-0.3, -0.25) is 0 Å². The van der Waals surface area contributed by atoms with Gasteiger partial charge in [-0.2, -0.15) is 0 Å². The first-order valence-electron chi connectivity index (χ1n) is 19.5. The number of hydrogen-bond acceptors (Lipinski definition) is 6. The predicted octanol–water partition coefficient (Wildman–Crippen LogP) is 11.2. The van der Waals surface area contributed by atoms with Gasteiger partial charge in [-0.1, -0.05) is 101 Å². The van der Waals surface area contributed by atoms with Crippen LogP contribution in [0.1, 0.15) is 103 Å². The van der Waals surface area contributed by atoms with Crippen molar-refractivity contribution in [2.45, 2.75) is 122 Å². The minimum atomic E-state index is 0.237. The monoisotopic (exact) mass is 682 g/mol. The number of hydrogen-bond donors (Lipinski definition) is 0. The van der Waals surface area contributed by atoms with Crippen LogP contribution in [0.3, 0.4) is 0 Å². The highest BCUT2D eigenvalue weighted by atomic mass is 16.6. The molecule has 3 atom stereocenters. The highest BCUT2D eigenvalue weighted by Crippen LogP contribution is 2.28. The summed E-state index contributed by atoms with van der Waals surface area (Å²) in [6.07, 6.45) is 20.5. The molecule has 0 aromatic heterocycles. The van der Waals surface area contributed by atoms with Gasteiger partial charge in [0.1, 0.15) is 48.4 Å². The van der Waals surface area contributed by atoms with Gasteiger partial charge in [-0.25, -0.2) is 0 Å². The maximum atomic E-state index is 6.25. The molecular formula is C44H58O6. The van der Waals surface area contributed by atoms with Crippen LogP contribution in [0.25, 0.3) is 21.5 Å². The maximum absolute atomic E-state index is 6.25. The molecule has 2 aliphatic rings. The van der Waals surface area contributed by atoms with Crippen LogP contribution in [0.15, 0.2) is 72.8 Å². The third kappa shape index (κ3) is 13.0. The first kappa shape index (κ1) is 36.3. The van der Waals surface area contributed by atoms with Crippen LogP contribution >= 0.6 is 0 Å². The van der Waals surface area contributed by atoms with E-state index in [9.17, 15) is 0 Å². The van der Waals surface area contributed by atoms with E-state index in [1.165, 1.54) is 105 Å². The van der Waals surface area contributed by atoms with Crippen molar-refractivity contribution in [3.63, 3.8) is 0 Å². The van der Waals surface area contributed by atoms with Gasteiger partial charge in [-0.05, 0) is 96.3 Å². The van der Waals surface area contributed by atoms with E-state index in [0.717, 1.165) is 55.7 Å². The van der Waals surface area contributed by atoms with Crippen molar-refractivity contribution in [2.24, 2.45) is 0 Å². The van der Waals surface area contributed by atoms with Gasteiger partial charge in [0.25, 0.3) is 0 Å². The summed E-state index contributed by atoms with van der Waals surface area (Å²) in [5.74, 6) is 3.70. The molecule has 0 aliphatic carbocycles. The third-order valence-electron chi connectivity index (χ3n) is 9.85. The molecule has 0 saturated carbocycles. The smallest absolute Gasteiger partial charge is 0.120 e. The van der Waals surface area contributed by atoms with Gasteiger partial charge in [0, 0.05) is 0 Å². The summed E-state index contributed by atoms with van der Waals surface area (Å²) in [7, 11) is 0. The van der Waals surface area contributed by atoms with Crippen molar-refractivity contribution in [3.8, 4) is 23.0 Å². The second kappa shape index (κ2) is 19.8. The minimum Gasteiger partial charge on any atom is -0.494 e. The highest BCUT2D eigenvalue weighted by molar-refractivity contribution is 5.86. The summed E-state index contributed by atoms with van der Waals surface area (Å²) in [6, 6.07) is 25.1. The Balaban J connectivity index is 0.700. The summed E-state index contributed by atoms with van der Waals surface area (Å²) >= 11 is 0. The second-order valence-electron chi connectivity index (χ2n) is 14.4. The van der Waals surface area contributed by atoms with Crippen LogP contribution < -0.4 is 18.9 Å². The fourth-order valence-electron chi connectivity index (χ4n) is 6.59. The summed E-state index contributed by atoms with van der Waals surface area (Å²) < 4.78 is 34.4. The summed E-state index contributed by atoms with van der Waals surface area (Å²) in [4.78, 5) is 0. The van der Waals surface area contributed by atoms with E-state index in [4.69, 9.17) is 28.4 Å². The predicted molar refractivity (Wildman–Crippen MR) is 203 cm³/mol. The van der Waals surface area contributed by atoms with Crippen molar-refractivity contribution in [1.29, 1.82) is 0 Å². The Morgan fingerprint density at radius 3 is 1.28 bits per heavy atom. The first-order chi connectivity index (χ1) is 24.7. The molecule has 4 aromatic carbocycles. The van der Waals surface area contributed by atoms with E-state index < -0.39 is 0 Å². The molecule has 0 amide bonds. The van der Waals surface area contributed by atoms with E-state index >= 15 is 0 Å². The Morgan fingerprint density at radius 1 is 0.480 bits per heavy atom. The van der Waals surface area contributed by atoms with Crippen molar-refractivity contribution >= 4 is 21.5 Å². The molecule has 2 fully saturated rings. The molecule has 2 aliphatic heterocycles. The van der Waals surface area contributed by atoms with Gasteiger partial charge in [0.05, 0.1) is 25.9 Å². The molecule has 0 N–H and O–H groups in total. The molecule has 0 bridgehead atoms. The Morgan fingerprint density at radius 2 is 0.840 bits per heavy atom. The average molecular weight is 683 g/mol. The lowest BCUT2D eigenvalue weighted by Crippen LogP contribution is -2.11. The van der Waals surface area contributed by atoms with Crippen molar-refractivity contribution in [1.82, 2.24) is 0 Å². The molecular weight excluding hydrogens is 624 g/mol. The molecule has 6 nitrogen and oxygen atoms in total. The van der Waals surface area contributed by atoms with Gasteiger partial charge < -0.3 is 28.4 Å². The zero-order chi connectivity index (χ0) is 34.2. The zero-order valence-corrected chi connectivity index (χ0v) is 30.3. The van der Waals surface area contributed by atoms with Gasteiger partial charge >= 0.3 is 0 Å².